The van der Waals surface area contributed by atoms with Gasteiger partial charge in [0.15, 0.2) is 0 Å². The molecule has 0 heterocycles. The van der Waals surface area contributed by atoms with Gasteiger partial charge in [0.25, 0.3) is 0 Å². The summed E-state index contributed by atoms with van der Waals surface area (Å²) in [6, 6.07) is 29.8. The molecule has 0 atom stereocenters. The van der Waals surface area contributed by atoms with Crippen LogP contribution in [0.5, 0.6) is 5.75 Å². The summed E-state index contributed by atoms with van der Waals surface area (Å²) in [4.78, 5) is 2.12. The molecule has 0 bridgehead atoms. The van der Waals surface area contributed by atoms with E-state index < -0.39 is 0 Å². The maximum atomic E-state index is 5.87. The number of likely N-dealkylation sites (N-methyl/N-ethyl adjacent to an activating group) is 1. The van der Waals surface area contributed by atoms with Crippen molar-refractivity contribution in [2.75, 3.05) is 27.2 Å². The van der Waals surface area contributed by atoms with E-state index in [0.29, 0.717) is 6.61 Å². The Bertz CT molecular complexity index is 887. The van der Waals surface area contributed by atoms with Crippen molar-refractivity contribution in [1.82, 2.24) is 4.90 Å². The lowest BCUT2D eigenvalue weighted by Gasteiger charge is -2.17. The van der Waals surface area contributed by atoms with Crippen LogP contribution in [0.1, 0.15) is 30.0 Å². The molecule has 0 unspecified atom stereocenters. The second kappa shape index (κ2) is 11.8. The summed E-state index contributed by atoms with van der Waals surface area (Å²) in [6.45, 7) is 3.83. The SMILES string of the molecule is CCC(=C(c1ccccc1)c1ccc(OCCN(C)C)cc1)c1ccccc1.I. The van der Waals surface area contributed by atoms with Crippen LogP contribution in [-0.2, 0) is 0 Å². The monoisotopic (exact) mass is 499 g/mol. The lowest BCUT2D eigenvalue weighted by molar-refractivity contribution is 0.261. The first-order valence-electron chi connectivity index (χ1n) is 9.91. The second-order valence-corrected chi connectivity index (χ2v) is 7.12. The first-order chi connectivity index (χ1) is 13.7. The highest BCUT2D eigenvalue weighted by Gasteiger charge is 2.12. The molecule has 0 saturated carbocycles. The average Bonchev–Trinajstić information content (AvgIpc) is 2.73. The summed E-state index contributed by atoms with van der Waals surface area (Å²) in [7, 11) is 4.11. The molecule has 0 amide bonds. The van der Waals surface area contributed by atoms with Crippen LogP contribution >= 0.6 is 24.0 Å². The third-order valence-corrected chi connectivity index (χ3v) is 4.79. The molecule has 0 aromatic heterocycles. The van der Waals surface area contributed by atoms with Crippen LogP contribution in [0.25, 0.3) is 11.1 Å². The van der Waals surface area contributed by atoms with E-state index >= 15 is 0 Å². The minimum Gasteiger partial charge on any atom is -0.492 e. The Balaban J connectivity index is 0.00000300. The Morgan fingerprint density at radius 3 is 1.76 bits per heavy atom. The van der Waals surface area contributed by atoms with Gasteiger partial charge in [-0.15, -0.1) is 24.0 Å². The fourth-order valence-corrected chi connectivity index (χ4v) is 3.35. The predicted molar refractivity (Wildman–Crippen MR) is 135 cm³/mol. The topological polar surface area (TPSA) is 12.5 Å². The third kappa shape index (κ3) is 6.44. The molecule has 0 saturated heterocycles. The summed E-state index contributed by atoms with van der Waals surface area (Å²) in [5.74, 6) is 0.913. The number of hydrogen-bond donors (Lipinski definition) is 0. The number of hydrogen-bond acceptors (Lipinski definition) is 2. The van der Waals surface area contributed by atoms with Crippen molar-refractivity contribution >= 4 is 35.1 Å². The minimum absolute atomic E-state index is 0. The van der Waals surface area contributed by atoms with E-state index in [0.717, 1.165) is 18.7 Å². The molecule has 3 rings (SSSR count). The van der Waals surface area contributed by atoms with Crippen LogP contribution in [0.3, 0.4) is 0 Å². The fourth-order valence-electron chi connectivity index (χ4n) is 3.35. The van der Waals surface area contributed by atoms with E-state index in [1.165, 1.54) is 27.8 Å². The Hall–Kier alpha value is -2.11. The van der Waals surface area contributed by atoms with Crippen molar-refractivity contribution in [2.24, 2.45) is 0 Å². The summed E-state index contributed by atoms with van der Waals surface area (Å²) in [6.07, 6.45) is 0.968. The van der Waals surface area contributed by atoms with Gasteiger partial charge in [-0.05, 0) is 60.5 Å². The van der Waals surface area contributed by atoms with Crippen molar-refractivity contribution in [3.63, 3.8) is 0 Å². The number of ether oxygens (including phenoxy) is 1. The van der Waals surface area contributed by atoms with Crippen LogP contribution in [0, 0.1) is 0 Å². The van der Waals surface area contributed by atoms with Crippen molar-refractivity contribution in [3.05, 3.63) is 102 Å². The highest BCUT2D eigenvalue weighted by molar-refractivity contribution is 14.0. The maximum Gasteiger partial charge on any atom is 0.119 e. The van der Waals surface area contributed by atoms with Gasteiger partial charge < -0.3 is 9.64 Å². The van der Waals surface area contributed by atoms with Gasteiger partial charge in [-0.3, -0.25) is 0 Å². The van der Waals surface area contributed by atoms with E-state index in [9.17, 15) is 0 Å². The van der Waals surface area contributed by atoms with E-state index in [2.05, 4.69) is 111 Å². The Morgan fingerprint density at radius 1 is 0.724 bits per heavy atom. The molecular weight excluding hydrogens is 469 g/mol. The highest BCUT2D eigenvalue weighted by Crippen LogP contribution is 2.34. The number of allylic oxidation sites excluding steroid dienone is 1. The predicted octanol–water partition coefficient (Wildman–Crippen LogP) is 6.61. The Morgan fingerprint density at radius 2 is 1.24 bits per heavy atom. The summed E-state index contributed by atoms with van der Waals surface area (Å²) in [5, 5.41) is 0. The van der Waals surface area contributed by atoms with Crippen molar-refractivity contribution in [3.8, 4) is 5.75 Å². The zero-order chi connectivity index (χ0) is 19.8. The first kappa shape index (κ1) is 23.2. The molecule has 2 nitrogen and oxygen atoms in total. The molecule has 0 aliphatic carbocycles. The first-order valence-corrected chi connectivity index (χ1v) is 9.91. The van der Waals surface area contributed by atoms with Gasteiger partial charge in [0, 0.05) is 6.54 Å². The summed E-state index contributed by atoms with van der Waals surface area (Å²) < 4.78 is 5.87. The van der Waals surface area contributed by atoms with Crippen LogP contribution in [-0.4, -0.2) is 32.1 Å². The molecule has 152 valence electrons. The second-order valence-electron chi connectivity index (χ2n) is 7.12. The third-order valence-electron chi connectivity index (χ3n) is 4.79. The fraction of sp³-hybridized carbons (Fsp3) is 0.231. The molecule has 0 radical (unpaired) electrons. The van der Waals surface area contributed by atoms with E-state index in [1.54, 1.807) is 0 Å². The lowest BCUT2D eigenvalue weighted by atomic mass is 9.88. The van der Waals surface area contributed by atoms with Gasteiger partial charge in [0.2, 0.25) is 0 Å². The molecule has 3 aromatic rings. The number of nitrogens with zero attached hydrogens (tertiary/aromatic N) is 1. The molecule has 29 heavy (non-hydrogen) atoms. The lowest BCUT2D eigenvalue weighted by Crippen LogP contribution is -2.19. The van der Waals surface area contributed by atoms with Crippen LogP contribution in [0.2, 0.25) is 0 Å². The van der Waals surface area contributed by atoms with E-state index in [4.69, 9.17) is 4.74 Å². The van der Waals surface area contributed by atoms with Gasteiger partial charge >= 0.3 is 0 Å². The van der Waals surface area contributed by atoms with Crippen LogP contribution in [0.4, 0.5) is 0 Å². The molecule has 0 aliphatic heterocycles. The van der Waals surface area contributed by atoms with Crippen molar-refractivity contribution in [1.29, 1.82) is 0 Å². The average molecular weight is 499 g/mol. The standard InChI is InChI=1S/C26H29NO.HI/c1-4-25(21-11-7-5-8-12-21)26(22-13-9-6-10-14-22)23-15-17-24(18-16-23)28-20-19-27(2)3;/h5-18H,4,19-20H2,1-3H3;1H. The normalized spacial score (nSPS) is 11.6. The minimum atomic E-state index is 0. The molecule has 0 aliphatic rings. The Labute approximate surface area is 192 Å². The van der Waals surface area contributed by atoms with E-state index in [-0.39, 0.29) is 24.0 Å². The van der Waals surface area contributed by atoms with Gasteiger partial charge in [0.1, 0.15) is 12.4 Å². The van der Waals surface area contributed by atoms with Gasteiger partial charge in [-0.2, -0.15) is 0 Å². The van der Waals surface area contributed by atoms with Crippen LogP contribution < -0.4 is 4.74 Å². The molecule has 0 fully saturated rings. The molecule has 3 aromatic carbocycles. The molecular formula is C26H30INO. The van der Waals surface area contributed by atoms with E-state index in [1.807, 2.05) is 0 Å². The molecule has 0 spiro atoms. The quantitative estimate of drug-likeness (QED) is 0.255. The zero-order valence-corrected chi connectivity index (χ0v) is 19.8. The zero-order valence-electron chi connectivity index (χ0n) is 17.5. The van der Waals surface area contributed by atoms with Gasteiger partial charge in [-0.1, -0.05) is 79.7 Å². The molecule has 3 heteroatoms. The largest absolute Gasteiger partial charge is 0.492 e. The van der Waals surface area contributed by atoms with Gasteiger partial charge in [0.05, 0.1) is 0 Å². The highest BCUT2D eigenvalue weighted by atomic mass is 127. The smallest absolute Gasteiger partial charge is 0.119 e. The molecule has 0 N–H and O–H groups in total. The van der Waals surface area contributed by atoms with Crippen LogP contribution in [0.15, 0.2) is 84.9 Å². The van der Waals surface area contributed by atoms with Gasteiger partial charge in [-0.25, -0.2) is 0 Å². The summed E-state index contributed by atoms with van der Waals surface area (Å²) in [5.41, 5.74) is 6.37. The van der Waals surface area contributed by atoms with Crippen molar-refractivity contribution < 1.29 is 4.74 Å². The Kier molecular flexibility index (Phi) is 9.42. The number of benzene rings is 3. The van der Waals surface area contributed by atoms with Crippen molar-refractivity contribution in [2.45, 2.75) is 13.3 Å². The number of rotatable bonds is 8. The number of halogens is 1. The summed E-state index contributed by atoms with van der Waals surface area (Å²) >= 11 is 0. The maximum absolute atomic E-state index is 5.87.